The Morgan fingerprint density at radius 2 is 1.85 bits per heavy atom. The smallest absolute Gasteiger partial charge is 0.363 e. The van der Waals surface area contributed by atoms with Crippen molar-refractivity contribution >= 4 is 55.9 Å². The van der Waals surface area contributed by atoms with E-state index >= 15 is 0 Å². The molecule has 1 aliphatic rings. The number of rotatable bonds is 6. The van der Waals surface area contributed by atoms with Gasteiger partial charge in [0.05, 0.1) is 21.8 Å². The molecule has 0 aliphatic carbocycles. The van der Waals surface area contributed by atoms with Gasteiger partial charge in [0.1, 0.15) is 16.2 Å². The number of hydrogen-bond donors (Lipinski definition) is 2. The van der Waals surface area contributed by atoms with Gasteiger partial charge in [-0.3, -0.25) is 9.35 Å². The number of phenols is 1. The average molecular weight is 588 g/mol. The zero-order chi connectivity index (χ0) is 28.1. The number of amides is 1. The summed E-state index contributed by atoms with van der Waals surface area (Å²) in [6.45, 7) is 3.69. The van der Waals surface area contributed by atoms with Gasteiger partial charge in [-0.1, -0.05) is 30.3 Å². The number of hydrogen-bond acceptors (Lipinski definition) is 9. The Morgan fingerprint density at radius 1 is 1.13 bits per heavy atom. The fourth-order valence-corrected chi connectivity index (χ4v) is 6.42. The SMILES string of the molecule is C=C1CCC(=O)N1OC(=O)c1ccc(Cc2sc(-c3cc4cc(Cl)c(O)cc4oc3=O)cc2S(=O)(=O)O)cc1. The quantitative estimate of drug-likeness (QED) is 0.236. The number of benzene rings is 2. The minimum Gasteiger partial charge on any atom is -0.506 e. The van der Waals surface area contributed by atoms with Crippen molar-refractivity contribution in [3.05, 3.63) is 92.3 Å². The number of carbonyl (C=O) groups is 2. The predicted molar refractivity (Wildman–Crippen MR) is 142 cm³/mol. The molecular weight excluding hydrogens is 570 g/mol. The first-order valence-corrected chi connectivity index (χ1v) is 13.9. The number of hydroxylamine groups is 2. The number of carbonyl (C=O) groups excluding carboxylic acids is 2. The van der Waals surface area contributed by atoms with Crippen LogP contribution < -0.4 is 5.63 Å². The highest BCUT2D eigenvalue weighted by atomic mass is 35.5. The zero-order valence-electron chi connectivity index (χ0n) is 19.8. The van der Waals surface area contributed by atoms with E-state index in [0.717, 1.165) is 16.4 Å². The van der Waals surface area contributed by atoms with Crippen LogP contribution in [0.25, 0.3) is 21.4 Å². The summed E-state index contributed by atoms with van der Waals surface area (Å²) in [6.07, 6.45) is 0.667. The first kappa shape index (κ1) is 26.6. The van der Waals surface area contributed by atoms with Crippen LogP contribution in [0.3, 0.4) is 0 Å². The summed E-state index contributed by atoms with van der Waals surface area (Å²) in [5, 5.41) is 11.1. The molecule has 0 saturated carbocycles. The van der Waals surface area contributed by atoms with Gasteiger partial charge < -0.3 is 14.4 Å². The standard InChI is InChI=1S/C26H18ClNO9S2/c1-13-2-7-24(30)28(13)37-25(31)15-5-3-14(4-6-15)8-22-23(39(33,34)35)12-21(38-22)17-9-16-10-18(27)19(29)11-20(16)36-26(17)32/h3-6,9-12,29H,1-2,7-8H2,(H,33,34,35). The Kier molecular flexibility index (Phi) is 6.81. The molecule has 0 radical (unpaired) electrons. The lowest BCUT2D eigenvalue weighted by molar-refractivity contribution is -0.153. The summed E-state index contributed by atoms with van der Waals surface area (Å²) < 4.78 is 39.4. The molecule has 39 heavy (non-hydrogen) atoms. The highest BCUT2D eigenvalue weighted by Crippen LogP contribution is 2.36. The van der Waals surface area contributed by atoms with Gasteiger partial charge in [0.15, 0.2) is 0 Å². The van der Waals surface area contributed by atoms with Crippen LogP contribution in [0.15, 0.2) is 74.9 Å². The monoisotopic (exact) mass is 587 g/mol. The first-order chi connectivity index (χ1) is 18.4. The van der Waals surface area contributed by atoms with Crippen LogP contribution in [0.4, 0.5) is 0 Å². The van der Waals surface area contributed by atoms with E-state index in [1.807, 2.05) is 0 Å². The van der Waals surface area contributed by atoms with Crippen LogP contribution in [-0.4, -0.2) is 35.0 Å². The van der Waals surface area contributed by atoms with E-state index in [1.165, 1.54) is 36.4 Å². The molecule has 13 heteroatoms. The number of allylic oxidation sites excluding steroid dienone is 1. The Bertz CT molecular complexity index is 1820. The molecule has 1 aliphatic heterocycles. The third kappa shape index (κ3) is 5.32. The van der Waals surface area contributed by atoms with Crippen molar-refractivity contribution in [1.82, 2.24) is 5.06 Å². The van der Waals surface area contributed by atoms with Crippen molar-refractivity contribution in [2.24, 2.45) is 0 Å². The average Bonchev–Trinajstić information content (AvgIpc) is 3.44. The summed E-state index contributed by atoms with van der Waals surface area (Å²) in [7, 11) is -4.65. The summed E-state index contributed by atoms with van der Waals surface area (Å²) in [5.74, 6) is -1.38. The Morgan fingerprint density at radius 3 is 2.49 bits per heavy atom. The lowest BCUT2D eigenvalue weighted by Crippen LogP contribution is -2.26. The van der Waals surface area contributed by atoms with Crippen molar-refractivity contribution in [2.75, 3.05) is 0 Å². The second-order valence-electron chi connectivity index (χ2n) is 8.67. The molecule has 3 heterocycles. The Hall–Kier alpha value is -3.97. The minimum atomic E-state index is -4.65. The predicted octanol–water partition coefficient (Wildman–Crippen LogP) is 4.93. The van der Waals surface area contributed by atoms with Crippen LogP contribution in [0.2, 0.25) is 5.02 Å². The molecule has 1 fully saturated rings. The summed E-state index contributed by atoms with van der Waals surface area (Å²) in [4.78, 5) is 42.1. The molecule has 1 amide bonds. The molecule has 200 valence electrons. The maximum Gasteiger partial charge on any atom is 0.363 e. The van der Waals surface area contributed by atoms with Crippen LogP contribution >= 0.6 is 22.9 Å². The van der Waals surface area contributed by atoms with Gasteiger partial charge in [0.25, 0.3) is 16.0 Å². The van der Waals surface area contributed by atoms with Gasteiger partial charge in [-0.25, -0.2) is 9.59 Å². The van der Waals surface area contributed by atoms with Crippen molar-refractivity contribution in [3.63, 3.8) is 0 Å². The fraction of sp³-hybridized carbons (Fsp3) is 0.115. The summed E-state index contributed by atoms with van der Waals surface area (Å²) in [6, 6.07) is 11.3. The van der Waals surface area contributed by atoms with E-state index in [9.17, 15) is 32.5 Å². The largest absolute Gasteiger partial charge is 0.506 e. The number of phenolic OH excluding ortho intramolecular Hbond substituents is 1. The van der Waals surface area contributed by atoms with E-state index < -0.39 is 21.7 Å². The molecule has 0 unspecified atom stereocenters. The lowest BCUT2D eigenvalue weighted by atomic mass is 10.1. The van der Waals surface area contributed by atoms with Crippen LogP contribution in [-0.2, 0) is 26.2 Å². The highest BCUT2D eigenvalue weighted by Gasteiger charge is 2.29. The number of fused-ring (bicyclic) bond motifs is 1. The van der Waals surface area contributed by atoms with Gasteiger partial charge in [-0.2, -0.15) is 8.42 Å². The second kappa shape index (κ2) is 9.97. The van der Waals surface area contributed by atoms with Gasteiger partial charge in [-0.15, -0.1) is 16.4 Å². The molecule has 5 rings (SSSR count). The molecule has 2 aromatic heterocycles. The van der Waals surface area contributed by atoms with E-state index in [-0.39, 0.29) is 60.9 Å². The molecule has 1 saturated heterocycles. The van der Waals surface area contributed by atoms with Crippen molar-refractivity contribution in [1.29, 1.82) is 0 Å². The van der Waals surface area contributed by atoms with Crippen LogP contribution in [0.1, 0.15) is 33.6 Å². The molecule has 2 aromatic carbocycles. The maximum atomic E-state index is 12.7. The number of thiophene rings is 1. The summed E-state index contributed by atoms with van der Waals surface area (Å²) in [5.41, 5.74) is 0.501. The minimum absolute atomic E-state index is 0.0390. The van der Waals surface area contributed by atoms with Gasteiger partial charge in [0.2, 0.25) is 0 Å². The number of aromatic hydroxyl groups is 1. The fourth-order valence-electron chi connectivity index (χ4n) is 4.01. The molecule has 2 N–H and O–H groups in total. The molecule has 10 nitrogen and oxygen atoms in total. The topological polar surface area (TPSA) is 151 Å². The Balaban J connectivity index is 1.44. The van der Waals surface area contributed by atoms with Gasteiger partial charge >= 0.3 is 11.6 Å². The first-order valence-electron chi connectivity index (χ1n) is 11.3. The Labute approximate surface area is 230 Å². The molecular formula is C26H18ClNO9S2. The molecule has 0 atom stereocenters. The van der Waals surface area contributed by atoms with Crippen molar-refractivity contribution in [2.45, 2.75) is 24.2 Å². The van der Waals surface area contributed by atoms with Crippen LogP contribution in [0.5, 0.6) is 5.75 Å². The van der Waals surface area contributed by atoms with Crippen LogP contribution in [0, 0.1) is 0 Å². The maximum absolute atomic E-state index is 12.7. The van der Waals surface area contributed by atoms with Crippen molar-refractivity contribution in [3.8, 4) is 16.2 Å². The normalized spacial score (nSPS) is 13.8. The number of halogens is 1. The molecule has 0 bridgehead atoms. The van der Waals surface area contributed by atoms with E-state index in [0.29, 0.717) is 23.1 Å². The van der Waals surface area contributed by atoms with E-state index in [2.05, 4.69) is 6.58 Å². The van der Waals surface area contributed by atoms with Gasteiger partial charge in [0, 0.05) is 34.0 Å². The third-order valence-corrected chi connectivity index (χ3v) is 8.51. The van der Waals surface area contributed by atoms with E-state index in [1.54, 1.807) is 12.1 Å². The van der Waals surface area contributed by atoms with Gasteiger partial charge in [-0.05, 0) is 42.3 Å². The molecule has 0 spiro atoms. The second-order valence-corrected chi connectivity index (χ2v) is 11.6. The third-order valence-electron chi connectivity index (χ3n) is 5.98. The van der Waals surface area contributed by atoms with Crippen molar-refractivity contribution < 1.29 is 36.9 Å². The highest BCUT2D eigenvalue weighted by molar-refractivity contribution is 7.86. The molecule has 4 aromatic rings. The van der Waals surface area contributed by atoms with E-state index in [4.69, 9.17) is 20.9 Å². The zero-order valence-corrected chi connectivity index (χ0v) is 22.2. The lowest BCUT2D eigenvalue weighted by Gasteiger charge is -2.15. The summed E-state index contributed by atoms with van der Waals surface area (Å²) >= 11 is 6.93. The number of nitrogens with zero attached hydrogens (tertiary/aromatic N) is 1.